The normalized spacial score (nSPS) is 13.5. The molecule has 4 nitrogen and oxygen atoms in total. The van der Waals surface area contributed by atoms with E-state index in [2.05, 4.69) is 36.2 Å². The number of hydrogen-bond donors (Lipinski definition) is 0. The number of benzene rings is 1. The largest absolute Gasteiger partial charge is 0.294 e. The van der Waals surface area contributed by atoms with Crippen molar-refractivity contribution >= 4 is 21.2 Å². The Morgan fingerprint density at radius 1 is 1.27 bits per heavy atom. The zero-order valence-corrected chi connectivity index (χ0v) is 15.0. The van der Waals surface area contributed by atoms with Crippen LogP contribution in [0, 0.1) is 0 Å². The van der Waals surface area contributed by atoms with Crippen LogP contribution in [0.1, 0.15) is 36.2 Å². The van der Waals surface area contributed by atoms with E-state index in [0.717, 1.165) is 29.2 Å². The molecule has 1 unspecified atom stereocenters. The molecule has 0 saturated heterocycles. The van der Waals surface area contributed by atoms with Crippen LogP contribution in [-0.2, 0) is 22.8 Å². The molecule has 22 heavy (non-hydrogen) atoms. The molecule has 0 aliphatic carbocycles. The van der Waals surface area contributed by atoms with E-state index in [1.54, 1.807) is 23.5 Å². The van der Waals surface area contributed by atoms with Gasteiger partial charge in [0.2, 0.25) is 0 Å². The van der Waals surface area contributed by atoms with Crippen LogP contribution in [0.2, 0.25) is 0 Å². The molecule has 2 aromatic rings. The molecule has 0 spiro atoms. The highest BCUT2D eigenvalue weighted by atomic mass is 32.2. The van der Waals surface area contributed by atoms with Crippen LogP contribution in [0.15, 0.2) is 34.5 Å². The van der Waals surface area contributed by atoms with Gasteiger partial charge in [0.15, 0.2) is 9.84 Å². The van der Waals surface area contributed by atoms with Gasteiger partial charge >= 0.3 is 0 Å². The van der Waals surface area contributed by atoms with E-state index in [1.807, 2.05) is 12.1 Å². The molecule has 1 atom stereocenters. The van der Waals surface area contributed by atoms with Gasteiger partial charge < -0.3 is 0 Å². The standard InChI is InChI=1S/C16H22N2O2S2/c1-5-16-17-14(11-21-16)10-18(3)12(2)13-6-8-15(9-7-13)22(4,19)20/h6-9,11-12H,5,10H2,1-4H3. The fourth-order valence-corrected chi connectivity index (χ4v) is 3.59. The third-order valence-corrected chi connectivity index (χ3v) is 5.94. The highest BCUT2D eigenvalue weighted by Gasteiger charge is 2.14. The lowest BCUT2D eigenvalue weighted by atomic mass is 10.1. The van der Waals surface area contributed by atoms with Crippen molar-refractivity contribution in [3.05, 3.63) is 45.9 Å². The van der Waals surface area contributed by atoms with Gasteiger partial charge in [-0.3, -0.25) is 4.90 Å². The van der Waals surface area contributed by atoms with Crippen molar-refractivity contribution in [3.8, 4) is 0 Å². The molecular formula is C16H22N2O2S2. The van der Waals surface area contributed by atoms with Gasteiger partial charge in [0.25, 0.3) is 0 Å². The Labute approximate surface area is 136 Å². The Bertz CT molecular complexity index is 721. The van der Waals surface area contributed by atoms with Crippen LogP contribution in [0.5, 0.6) is 0 Å². The van der Waals surface area contributed by atoms with E-state index in [9.17, 15) is 8.42 Å². The average molecular weight is 338 g/mol. The van der Waals surface area contributed by atoms with Crippen LogP contribution in [0.4, 0.5) is 0 Å². The zero-order valence-electron chi connectivity index (χ0n) is 13.4. The fraction of sp³-hybridized carbons (Fsp3) is 0.438. The summed E-state index contributed by atoms with van der Waals surface area (Å²) in [6.07, 6.45) is 2.20. The molecule has 0 saturated carbocycles. The molecule has 0 N–H and O–H groups in total. The summed E-state index contributed by atoms with van der Waals surface area (Å²) in [5.74, 6) is 0. The molecular weight excluding hydrogens is 316 g/mol. The first-order valence-electron chi connectivity index (χ1n) is 7.24. The summed E-state index contributed by atoms with van der Waals surface area (Å²) in [5.41, 5.74) is 2.19. The number of aryl methyl sites for hydroxylation is 1. The van der Waals surface area contributed by atoms with Crippen molar-refractivity contribution in [2.75, 3.05) is 13.3 Å². The molecule has 1 aromatic carbocycles. The van der Waals surface area contributed by atoms with Crippen LogP contribution in [0.25, 0.3) is 0 Å². The summed E-state index contributed by atoms with van der Waals surface area (Å²) in [6, 6.07) is 7.31. The van der Waals surface area contributed by atoms with Crippen molar-refractivity contribution in [1.82, 2.24) is 9.88 Å². The number of rotatable bonds is 6. The molecule has 0 bridgehead atoms. The van der Waals surface area contributed by atoms with E-state index in [1.165, 1.54) is 6.26 Å². The van der Waals surface area contributed by atoms with Crippen LogP contribution in [0.3, 0.4) is 0 Å². The highest BCUT2D eigenvalue weighted by molar-refractivity contribution is 7.90. The van der Waals surface area contributed by atoms with Gasteiger partial charge in [-0.25, -0.2) is 13.4 Å². The van der Waals surface area contributed by atoms with Gasteiger partial charge in [-0.05, 0) is 38.1 Å². The average Bonchev–Trinajstić information content (AvgIpc) is 2.93. The minimum atomic E-state index is -3.14. The second-order valence-corrected chi connectivity index (χ2v) is 8.48. The van der Waals surface area contributed by atoms with Gasteiger partial charge in [0.1, 0.15) is 0 Å². The lowest BCUT2D eigenvalue weighted by molar-refractivity contribution is 0.250. The first-order chi connectivity index (χ1) is 10.3. The topological polar surface area (TPSA) is 50.3 Å². The zero-order chi connectivity index (χ0) is 16.3. The van der Waals surface area contributed by atoms with Crippen molar-refractivity contribution in [2.45, 2.75) is 37.8 Å². The second-order valence-electron chi connectivity index (χ2n) is 5.52. The van der Waals surface area contributed by atoms with E-state index >= 15 is 0 Å². The molecule has 120 valence electrons. The van der Waals surface area contributed by atoms with Crippen molar-refractivity contribution in [1.29, 1.82) is 0 Å². The van der Waals surface area contributed by atoms with Crippen LogP contribution in [-0.4, -0.2) is 31.6 Å². The summed E-state index contributed by atoms with van der Waals surface area (Å²) < 4.78 is 23.0. The predicted octanol–water partition coefficient (Wildman–Crippen LogP) is 3.30. The molecule has 0 aliphatic heterocycles. The Hall–Kier alpha value is -1.24. The van der Waals surface area contributed by atoms with E-state index in [4.69, 9.17) is 0 Å². The number of hydrogen-bond acceptors (Lipinski definition) is 5. The molecule has 0 radical (unpaired) electrons. The number of sulfone groups is 1. The molecule has 6 heteroatoms. The van der Waals surface area contributed by atoms with Crippen LogP contribution < -0.4 is 0 Å². The maximum absolute atomic E-state index is 11.5. The summed E-state index contributed by atoms with van der Waals surface area (Å²) in [4.78, 5) is 7.16. The number of thiazole rings is 1. The molecule has 1 aromatic heterocycles. The summed E-state index contributed by atoms with van der Waals surface area (Å²) in [5, 5.41) is 3.27. The third kappa shape index (κ3) is 4.15. The van der Waals surface area contributed by atoms with E-state index in [0.29, 0.717) is 4.90 Å². The third-order valence-electron chi connectivity index (χ3n) is 3.76. The minimum absolute atomic E-state index is 0.195. The Balaban J connectivity index is 2.08. The summed E-state index contributed by atoms with van der Waals surface area (Å²) in [6.45, 7) is 5.01. The number of aromatic nitrogens is 1. The van der Waals surface area contributed by atoms with Crippen molar-refractivity contribution in [3.63, 3.8) is 0 Å². The first kappa shape index (κ1) is 17.1. The lowest BCUT2D eigenvalue weighted by Gasteiger charge is -2.24. The molecule has 0 fully saturated rings. The SMILES string of the molecule is CCc1nc(CN(C)C(C)c2ccc(S(C)(=O)=O)cc2)cs1. The van der Waals surface area contributed by atoms with E-state index < -0.39 is 9.84 Å². The molecule has 1 heterocycles. The molecule has 2 rings (SSSR count). The predicted molar refractivity (Wildman–Crippen MR) is 90.9 cm³/mol. The van der Waals surface area contributed by atoms with Crippen molar-refractivity contribution in [2.24, 2.45) is 0 Å². The van der Waals surface area contributed by atoms with Gasteiger partial charge in [-0.15, -0.1) is 11.3 Å². The van der Waals surface area contributed by atoms with Gasteiger partial charge in [0.05, 0.1) is 15.6 Å². The molecule has 0 aliphatic rings. The Morgan fingerprint density at radius 3 is 2.41 bits per heavy atom. The highest BCUT2D eigenvalue weighted by Crippen LogP contribution is 2.23. The van der Waals surface area contributed by atoms with E-state index in [-0.39, 0.29) is 6.04 Å². The smallest absolute Gasteiger partial charge is 0.175 e. The second kappa shape index (κ2) is 6.89. The van der Waals surface area contributed by atoms with Gasteiger partial charge in [-0.2, -0.15) is 0 Å². The van der Waals surface area contributed by atoms with Crippen LogP contribution >= 0.6 is 11.3 Å². The first-order valence-corrected chi connectivity index (χ1v) is 10.0. The fourth-order valence-electron chi connectivity index (χ4n) is 2.22. The maximum Gasteiger partial charge on any atom is 0.175 e. The van der Waals surface area contributed by atoms with Gasteiger partial charge in [0, 0.05) is 24.2 Å². The van der Waals surface area contributed by atoms with Crippen molar-refractivity contribution < 1.29 is 8.42 Å². The quantitative estimate of drug-likeness (QED) is 0.811. The maximum atomic E-state index is 11.5. The molecule has 0 amide bonds. The van der Waals surface area contributed by atoms with Gasteiger partial charge in [-0.1, -0.05) is 19.1 Å². The minimum Gasteiger partial charge on any atom is -0.294 e. The summed E-state index contributed by atoms with van der Waals surface area (Å²) in [7, 11) is -1.08. The Kier molecular flexibility index (Phi) is 5.36. The lowest BCUT2D eigenvalue weighted by Crippen LogP contribution is -2.22. The summed E-state index contributed by atoms with van der Waals surface area (Å²) >= 11 is 1.70. The number of nitrogens with zero attached hydrogens (tertiary/aromatic N) is 2. The monoisotopic (exact) mass is 338 g/mol. The Morgan fingerprint density at radius 2 is 1.91 bits per heavy atom.